The number of carbonyl (C=O) groups is 1. The summed E-state index contributed by atoms with van der Waals surface area (Å²) in [7, 11) is 6.87. The van der Waals surface area contributed by atoms with Crippen molar-refractivity contribution in [3.05, 3.63) is 77.4 Å². The van der Waals surface area contributed by atoms with Crippen LogP contribution in [0.2, 0.25) is 0 Å². The molecule has 44 heavy (non-hydrogen) atoms. The molecule has 1 N–H and O–H groups in total. The number of amides is 1. The summed E-state index contributed by atoms with van der Waals surface area (Å²) in [5, 5.41) is 3.35. The molecule has 1 aromatic heterocycles. The molecule has 1 amide bonds. The van der Waals surface area contributed by atoms with Crippen molar-refractivity contribution < 1.29 is 19.0 Å². The predicted octanol–water partition coefficient (Wildman–Crippen LogP) is 6.22. The molecule has 0 bridgehead atoms. The zero-order valence-corrected chi connectivity index (χ0v) is 26.5. The first-order valence-corrected chi connectivity index (χ1v) is 14.6. The summed E-state index contributed by atoms with van der Waals surface area (Å²) in [4.78, 5) is 28.9. The van der Waals surface area contributed by atoms with Gasteiger partial charge in [0, 0.05) is 62.3 Å². The molecule has 0 spiro atoms. The van der Waals surface area contributed by atoms with Gasteiger partial charge in [0.15, 0.2) is 0 Å². The van der Waals surface area contributed by atoms with Crippen LogP contribution in [0.5, 0.6) is 17.4 Å². The van der Waals surface area contributed by atoms with Crippen LogP contribution in [-0.2, 0) is 0 Å². The number of piperazine rings is 1. The molecule has 10 nitrogen and oxygen atoms in total. The highest BCUT2D eigenvalue weighted by Crippen LogP contribution is 2.33. The first-order valence-electron chi connectivity index (χ1n) is 14.6. The molecule has 1 aliphatic heterocycles. The zero-order valence-electron chi connectivity index (χ0n) is 26.5. The van der Waals surface area contributed by atoms with Crippen molar-refractivity contribution >= 4 is 29.1 Å². The lowest BCUT2D eigenvalue weighted by Gasteiger charge is -2.34. The summed E-state index contributed by atoms with van der Waals surface area (Å²) >= 11 is 0. The van der Waals surface area contributed by atoms with Crippen molar-refractivity contribution in [1.82, 2.24) is 14.9 Å². The molecule has 3 aromatic carbocycles. The first kappa shape index (κ1) is 30.6. The number of hydrogen-bond donors (Lipinski definition) is 1. The van der Waals surface area contributed by atoms with E-state index in [0.29, 0.717) is 28.8 Å². The smallest absolute Gasteiger partial charge is 0.420 e. The fraction of sp³-hybridized carbons (Fsp3) is 0.324. The van der Waals surface area contributed by atoms with Crippen molar-refractivity contribution in [2.75, 3.05) is 69.6 Å². The van der Waals surface area contributed by atoms with Gasteiger partial charge in [0.2, 0.25) is 11.8 Å². The summed E-state index contributed by atoms with van der Waals surface area (Å²) in [5.74, 6) is 1.52. The molecular formula is C34H40N6O4. The Kier molecular flexibility index (Phi) is 9.20. The highest BCUT2D eigenvalue weighted by atomic mass is 16.6. The van der Waals surface area contributed by atoms with Gasteiger partial charge in [-0.25, -0.2) is 9.78 Å². The van der Waals surface area contributed by atoms with Crippen LogP contribution >= 0.6 is 0 Å². The van der Waals surface area contributed by atoms with E-state index in [0.717, 1.165) is 48.7 Å². The number of anilines is 4. The molecule has 2 heterocycles. The Morgan fingerprint density at radius 2 is 1.66 bits per heavy atom. The minimum atomic E-state index is -0.638. The van der Waals surface area contributed by atoms with Crippen LogP contribution in [0.1, 0.15) is 16.7 Å². The predicted molar refractivity (Wildman–Crippen MR) is 175 cm³/mol. The second-order valence-corrected chi connectivity index (χ2v) is 11.0. The summed E-state index contributed by atoms with van der Waals surface area (Å²) in [6.45, 7) is 10.2. The summed E-state index contributed by atoms with van der Waals surface area (Å²) < 4.78 is 16.7. The molecule has 0 radical (unpaired) electrons. The van der Waals surface area contributed by atoms with Gasteiger partial charge in [-0.05, 0) is 74.8 Å². The Hall–Kier alpha value is -4.83. The van der Waals surface area contributed by atoms with Crippen LogP contribution in [0.15, 0.2) is 60.7 Å². The third-order valence-electron chi connectivity index (χ3n) is 8.22. The largest absolute Gasteiger partial charge is 0.497 e. The molecule has 0 aliphatic carbocycles. The minimum absolute atomic E-state index is 0.115. The maximum absolute atomic E-state index is 13.4. The Labute approximate surface area is 259 Å². The quantitative estimate of drug-likeness (QED) is 0.255. The van der Waals surface area contributed by atoms with E-state index in [1.165, 1.54) is 16.0 Å². The molecule has 0 saturated carbocycles. The van der Waals surface area contributed by atoms with E-state index in [9.17, 15) is 4.79 Å². The third kappa shape index (κ3) is 6.70. The number of ether oxygens (including phenoxy) is 3. The van der Waals surface area contributed by atoms with E-state index in [-0.39, 0.29) is 5.88 Å². The molecule has 1 fully saturated rings. The number of likely N-dealkylation sites (N-methyl/N-ethyl adjacent to an activating group) is 1. The summed E-state index contributed by atoms with van der Waals surface area (Å²) in [6, 6.07) is 19.2. The van der Waals surface area contributed by atoms with Gasteiger partial charge in [0.25, 0.3) is 0 Å². The molecule has 1 aliphatic rings. The summed E-state index contributed by atoms with van der Waals surface area (Å²) in [6.07, 6.45) is -0.638. The van der Waals surface area contributed by atoms with Crippen molar-refractivity contribution in [1.29, 1.82) is 0 Å². The standard InChI is InChI=1S/C34H40N6O4/c1-22-11-13-28(24(3)23(22)2)29-21-32(44-34(41)39(5)30-20-27(42-6)12-14-31(30)43-7)37-33(36-29)35-25-9-8-10-26(19-25)40-17-15-38(4)16-18-40/h8-14,19-21H,15-18H2,1-7H3,(H,35,36,37). The van der Waals surface area contributed by atoms with E-state index in [1.54, 1.807) is 45.5 Å². The Morgan fingerprint density at radius 3 is 2.39 bits per heavy atom. The number of carbonyl (C=O) groups excluding carboxylic acids is 1. The average Bonchev–Trinajstić information content (AvgIpc) is 3.03. The second-order valence-electron chi connectivity index (χ2n) is 11.0. The van der Waals surface area contributed by atoms with Crippen molar-refractivity contribution in [3.8, 4) is 28.6 Å². The number of aromatic nitrogens is 2. The second kappa shape index (κ2) is 13.2. The van der Waals surface area contributed by atoms with E-state index in [2.05, 4.69) is 66.1 Å². The van der Waals surface area contributed by atoms with Crippen molar-refractivity contribution in [2.24, 2.45) is 0 Å². The molecular weight excluding hydrogens is 556 g/mol. The number of benzene rings is 3. The maximum Gasteiger partial charge on any atom is 0.420 e. The average molecular weight is 597 g/mol. The molecule has 4 aromatic rings. The fourth-order valence-corrected chi connectivity index (χ4v) is 5.19. The van der Waals surface area contributed by atoms with E-state index in [4.69, 9.17) is 19.2 Å². The molecule has 5 rings (SSSR count). The monoisotopic (exact) mass is 596 g/mol. The van der Waals surface area contributed by atoms with Gasteiger partial charge in [-0.1, -0.05) is 18.2 Å². The molecule has 0 unspecified atom stereocenters. The highest BCUT2D eigenvalue weighted by Gasteiger charge is 2.21. The van der Waals surface area contributed by atoms with Crippen molar-refractivity contribution in [2.45, 2.75) is 20.8 Å². The van der Waals surface area contributed by atoms with Gasteiger partial charge in [-0.15, -0.1) is 0 Å². The van der Waals surface area contributed by atoms with E-state index < -0.39 is 6.09 Å². The minimum Gasteiger partial charge on any atom is -0.497 e. The SMILES string of the molecule is COc1ccc(OC)c(N(C)C(=O)Oc2cc(-c3ccc(C)c(C)c3C)nc(Nc3cccc(N4CCN(C)CC4)c3)n2)c1. The number of rotatable bonds is 8. The third-order valence-corrected chi connectivity index (χ3v) is 8.22. The van der Waals surface area contributed by atoms with Gasteiger partial charge in [-0.3, -0.25) is 4.90 Å². The number of nitrogens with zero attached hydrogens (tertiary/aromatic N) is 5. The van der Waals surface area contributed by atoms with Crippen LogP contribution in [0.25, 0.3) is 11.3 Å². The van der Waals surface area contributed by atoms with Gasteiger partial charge in [0.05, 0.1) is 25.6 Å². The lowest BCUT2D eigenvalue weighted by atomic mass is 9.97. The van der Waals surface area contributed by atoms with Crippen LogP contribution in [0, 0.1) is 20.8 Å². The first-order chi connectivity index (χ1) is 21.2. The summed E-state index contributed by atoms with van der Waals surface area (Å²) in [5.41, 5.74) is 7.51. The highest BCUT2D eigenvalue weighted by molar-refractivity contribution is 5.91. The lowest BCUT2D eigenvalue weighted by Crippen LogP contribution is -2.44. The van der Waals surface area contributed by atoms with Gasteiger partial charge in [-0.2, -0.15) is 4.98 Å². The zero-order chi connectivity index (χ0) is 31.4. The molecule has 0 atom stereocenters. The van der Waals surface area contributed by atoms with Crippen LogP contribution in [-0.4, -0.2) is 75.5 Å². The molecule has 10 heteroatoms. The van der Waals surface area contributed by atoms with Crippen LogP contribution < -0.4 is 29.3 Å². The molecule has 230 valence electrons. The number of aryl methyl sites for hydroxylation is 1. The van der Waals surface area contributed by atoms with E-state index in [1.807, 2.05) is 18.2 Å². The maximum atomic E-state index is 13.4. The van der Waals surface area contributed by atoms with Gasteiger partial charge < -0.3 is 29.3 Å². The van der Waals surface area contributed by atoms with Crippen molar-refractivity contribution in [3.63, 3.8) is 0 Å². The Bertz CT molecular complexity index is 1650. The number of methoxy groups -OCH3 is 2. The van der Waals surface area contributed by atoms with E-state index >= 15 is 0 Å². The Morgan fingerprint density at radius 1 is 0.886 bits per heavy atom. The Balaban J connectivity index is 1.48. The molecule has 1 saturated heterocycles. The van der Waals surface area contributed by atoms with Gasteiger partial charge >= 0.3 is 6.09 Å². The normalized spacial score (nSPS) is 13.4. The fourth-order valence-electron chi connectivity index (χ4n) is 5.19. The lowest BCUT2D eigenvalue weighted by molar-refractivity contribution is 0.207. The van der Waals surface area contributed by atoms with Gasteiger partial charge in [0.1, 0.15) is 11.5 Å². The number of nitrogens with one attached hydrogen (secondary N) is 1. The van der Waals surface area contributed by atoms with Crippen LogP contribution in [0.4, 0.5) is 27.8 Å². The van der Waals surface area contributed by atoms with Crippen LogP contribution in [0.3, 0.4) is 0 Å². The topological polar surface area (TPSA) is 92.3 Å². The number of hydrogen-bond acceptors (Lipinski definition) is 9.